The zero-order valence-electron chi connectivity index (χ0n) is 17.9. The fourth-order valence-electron chi connectivity index (χ4n) is 3.44. The highest BCUT2D eigenvalue weighted by molar-refractivity contribution is 6.05. The first-order valence-electron chi connectivity index (χ1n) is 10.1. The van der Waals surface area contributed by atoms with E-state index < -0.39 is 17.8 Å². The third-order valence-corrected chi connectivity index (χ3v) is 4.97. The van der Waals surface area contributed by atoms with E-state index in [9.17, 15) is 14.0 Å². The van der Waals surface area contributed by atoms with Crippen molar-refractivity contribution in [2.75, 3.05) is 23.0 Å². The molecule has 0 aliphatic heterocycles. The fourth-order valence-corrected chi connectivity index (χ4v) is 3.44. The number of nitrogens with one attached hydrogen (secondary N) is 2. The van der Waals surface area contributed by atoms with Crippen molar-refractivity contribution in [1.82, 2.24) is 14.6 Å². The molecule has 2 amide bonds. The average Bonchev–Trinajstić information content (AvgIpc) is 3.19. The summed E-state index contributed by atoms with van der Waals surface area (Å²) in [7, 11) is 0. The number of aryl methyl sites for hydroxylation is 1. The quantitative estimate of drug-likeness (QED) is 0.392. The maximum Gasteiger partial charge on any atom is 0.340 e. The number of esters is 1. The first-order chi connectivity index (χ1) is 15.9. The molecule has 0 aliphatic rings. The van der Waals surface area contributed by atoms with Crippen LogP contribution < -0.4 is 16.4 Å². The van der Waals surface area contributed by atoms with Gasteiger partial charge in [-0.05, 0) is 43.2 Å². The van der Waals surface area contributed by atoms with Gasteiger partial charge in [-0.1, -0.05) is 24.3 Å². The number of nitrogen functional groups attached to an aromatic ring is 1. The molecule has 168 valence electrons. The zero-order valence-corrected chi connectivity index (χ0v) is 17.9. The highest BCUT2D eigenvalue weighted by Crippen LogP contribution is 2.33. The fraction of sp³-hybridized carbons (Fsp3) is 0.130. The number of urea groups is 1. The van der Waals surface area contributed by atoms with Crippen molar-refractivity contribution in [3.8, 4) is 11.1 Å². The smallest absolute Gasteiger partial charge is 0.340 e. The minimum absolute atomic E-state index is 0.0824. The Morgan fingerprint density at radius 3 is 2.64 bits per heavy atom. The Kier molecular flexibility index (Phi) is 5.90. The normalized spacial score (nSPS) is 10.8. The van der Waals surface area contributed by atoms with Crippen LogP contribution in [0.25, 0.3) is 16.6 Å². The van der Waals surface area contributed by atoms with Crippen LogP contribution in [0.1, 0.15) is 22.8 Å². The van der Waals surface area contributed by atoms with Gasteiger partial charge in [0.15, 0.2) is 5.82 Å². The van der Waals surface area contributed by atoms with E-state index in [-0.39, 0.29) is 23.7 Å². The second kappa shape index (κ2) is 8.95. The largest absolute Gasteiger partial charge is 0.462 e. The Morgan fingerprint density at radius 1 is 1.15 bits per heavy atom. The number of carbonyl (C=O) groups is 2. The summed E-state index contributed by atoms with van der Waals surface area (Å²) in [6.45, 7) is 3.55. The topological polar surface area (TPSA) is 124 Å². The molecule has 4 aromatic rings. The van der Waals surface area contributed by atoms with Gasteiger partial charge in [-0.3, -0.25) is 0 Å². The molecule has 2 aromatic heterocycles. The lowest BCUT2D eigenvalue weighted by molar-refractivity contribution is 0.0527. The maximum atomic E-state index is 14.1. The van der Waals surface area contributed by atoms with Gasteiger partial charge >= 0.3 is 12.0 Å². The van der Waals surface area contributed by atoms with Crippen LogP contribution >= 0.6 is 0 Å². The van der Waals surface area contributed by atoms with E-state index in [1.165, 1.54) is 23.1 Å². The number of hydrogen-bond acceptors (Lipinski definition) is 6. The number of fused-ring (bicyclic) bond motifs is 1. The summed E-state index contributed by atoms with van der Waals surface area (Å²) in [5, 5.41) is 9.26. The van der Waals surface area contributed by atoms with Crippen molar-refractivity contribution in [3.05, 3.63) is 71.9 Å². The second-order valence-electron chi connectivity index (χ2n) is 7.17. The number of carbonyl (C=O) groups excluding carboxylic acids is 2. The van der Waals surface area contributed by atoms with Gasteiger partial charge in [0, 0.05) is 17.4 Å². The van der Waals surface area contributed by atoms with E-state index in [0.29, 0.717) is 27.9 Å². The van der Waals surface area contributed by atoms with Crippen LogP contribution in [0, 0.1) is 12.7 Å². The van der Waals surface area contributed by atoms with Crippen LogP contribution in [-0.2, 0) is 4.74 Å². The number of rotatable bonds is 5. The summed E-state index contributed by atoms with van der Waals surface area (Å²) < 4.78 is 20.8. The van der Waals surface area contributed by atoms with E-state index in [4.69, 9.17) is 10.5 Å². The highest BCUT2D eigenvalue weighted by Gasteiger charge is 2.22. The standard InChI is InChI=1S/C23H21FN6O3/c1-3-33-22(31)16-11-30-20(21(25)26-12-27-30)18(16)14-7-9-15(10-8-14)28-23(32)29-17-6-4-5-13(2)19(17)24/h4-12H,3H2,1-2H3,(H2,25,26,27)(H2,28,29,32). The number of hydrogen-bond donors (Lipinski definition) is 3. The van der Waals surface area contributed by atoms with Gasteiger partial charge in [0.2, 0.25) is 0 Å². The Morgan fingerprint density at radius 2 is 1.91 bits per heavy atom. The summed E-state index contributed by atoms with van der Waals surface area (Å²) in [6.07, 6.45) is 2.83. The molecule has 0 radical (unpaired) electrons. The molecule has 0 saturated carbocycles. The number of ether oxygens (including phenoxy) is 1. The predicted octanol–water partition coefficient (Wildman–Crippen LogP) is 4.25. The Balaban J connectivity index is 1.62. The van der Waals surface area contributed by atoms with Gasteiger partial charge in [-0.25, -0.2) is 23.5 Å². The van der Waals surface area contributed by atoms with Crippen LogP contribution in [0.4, 0.5) is 26.4 Å². The number of anilines is 3. The Labute approximate surface area is 188 Å². The number of aromatic nitrogens is 3. The molecule has 33 heavy (non-hydrogen) atoms. The molecule has 4 N–H and O–H groups in total. The minimum Gasteiger partial charge on any atom is -0.462 e. The molecular weight excluding hydrogens is 427 g/mol. The van der Waals surface area contributed by atoms with Crippen LogP contribution in [0.5, 0.6) is 0 Å². The Hall–Kier alpha value is -4.47. The minimum atomic E-state index is -0.591. The summed E-state index contributed by atoms with van der Waals surface area (Å²) in [4.78, 5) is 28.9. The number of benzene rings is 2. The lowest BCUT2D eigenvalue weighted by Gasteiger charge is -2.10. The molecule has 0 spiro atoms. The molecule has 0 unspecified atom stereocenters. The van der Waals surface area contributed by atoms with E-state index in [1.54, 1.807) is 50.2 Å². The lowest BCUT2D eigenvalue weighted by atomic mass is 10.0. The van der Waals surface area contributed by atoms with Crippen molar-refractivity contribution in [3.63, 3.8) is 0 Å². The van der Waals surface area contributed by atoms with Crippen LogP contribution in [0.2, 0.25) is 0 Å². The Bertz CT molecular complexity index is 1350. The van der Waals surface area contributed by atoms with Gasteiger partial charge in [0.05, 0.1) is 17.9 Å². The van der Waals surface area contributed by atoms with Gasteiger partial charge < -0.3 is 21.1 Å². The van der Waals surface area contributed by atoms with Crippen molar-refractivity contribution < 1.29 is 18.7 Å². The van der Waals surface area contributed by atoms with Crippen LogP contribution in [-0.4, -0.2) is 33.2 Å². The van der Waals surface area contributed by atoms with Crippen molar-refractivity contribution in [2.24, 2.45) is 0 Å². The molecule has 0 bridgehead atoms. The summed E-state index contributed by atoms with van der Waals surface area (Å²) in [5.74, 6) is -0.800. The molecule has 4 rings (SSSR count). The maximum absolute atomic E-state index is 14.1. The van der Waals surface area contributed by atoms with Crippen molar-refractivity contribution in [1.29, 1.82) is 0 Å². The predicted molar refractivity (Wildman–Crippen MR) is 123 cm³/mol. The lowest BCUT2D eigenvalue weighted by Crippen LogP contribution is -2.20. The van der Waals surface area contributed by atoms with Gasteiger partial charge in [0.25, 0.3) is 0 Å². The van der Waals surface area contributed by atoms with Gasteiger partial charge in [-0.15, -0.1) is 0 Å². The molecule has 0 saturated heterocycles. The third-order valence-electron chi connectivity index (χ3n) is 4.97. The molecule has 0 atom stereocenters. The molecule has 2 heterocycles. The van der Waals surface area contributed by atoms with Crippen LogP contribution in [0.3, 0.4) is 0 Å². The number of nitrogens with two attached hydrogens (primary N) is 1. The second-order valence-corrected chi connectivity index (χ2v) is 7.17. The van der Waals surface area contributed by atoms with Gasteiger partial charge in [-0.2, -0.15) is 5.10 Å². The van der Waals surface area contributed by atoms with E-state index >= 15 is 0 Å². The van der Waals surface area contributed by atoms with E-state index in [0.717, 1.165) is 0 Å². The van der Waals surface area contributed by atoms with Gasteiger partial charge in [0.1, 0.15) is 17.7 Å². The van der Waals surface area contributed by atoms with Crippen molar-refractivity contribution >= 4 is 34.7 Å². The summed E-state index contributed by atoms with van der Waals surface area (Å²) >= 11 is 0. The molecule has 9 nitrogen and oxygen atoms in total. The molecular formula is C23H21FN6O3. The van der Waals surface area contributed by atoms with Crippen LogP contribution in [0.15, 0.2) is 55.0 Å². The molecule has 0 fully saturated rings. The van der Waals surface area contributed by atoms with Crippen molar-refractivity contribution in [2.45, 2.75) is 13.8 Å². The monoisotopic (exact) mass is 448 g/mol. The zero-order chi connectivity index (χ0) is 23.5. The number of amides is 2. The first-order valence-corrected chi connectivity index (χ1v) is 10.1. The summed E-state index contributed by atoms with van der Waals surface area (Å²) in [5.41, 5.74) is 8.96. The van der Waals surface area contributed by atoms with E-state index in [1.807, 2.05) is 0 Å². The first kappa shape index (κ1) is 21.8. The van der Waals surface area contributed by atoms with E-state index in [2.05, 4.69) is 20.7 Å². The number of halogens is 1. The highest BCUT2D eigenvalue weighted by atomic mass is 19.1. The molecule has 0 aliphatic carbocycles. The molecule has 10 heteroatoms. The third kappa shape index (κ3) is 4.31. The SMILES string of the molecule is CCOC(=O)c1cn2ncnc(N)c2c1-c1ccc(NC(=O)Nc2cccc(C)c2F)cc1. The molecule has 2 aromatic carbocycles. The average molecular weight is 448 g/mol. The number of nitrogens with zero attached hydrogens (tertiary/aromatic N) is 3. The summed E-state index contributed by atoms with van der Waals surface area (Å²) in [6, 6.07) is 10.9.